The molecule has 0 radical (unpaired) electrons. The fraction of sp³-hybridized carbons (Fsp3) is 0.267. The zero-order valence-corrected chi connectivity index (χ0v) is 21.1. The van der Waals surface area contributed by atoms with E-state index in [4.69, 9.17) is 23.4 Å². The number of carbonyl (C=O) groups excluding carboxylic acids is 2. The minimum absolute atomic E-state index is 0.0317. The molecule has 2 aliphatic heterocycles. The van der Waals surface area contributed by atoms with E-state index in [0.29, 0.717) is 41.2 Å². The van der Waals surface area contributed by atoms with E-state index in [1.165, 1.54) is 0 Å². The number of ketones is 1. The number of nitrogens with one attached hydrogen (secondary N) is 1. The number of dihydropyridines is 1. The lowest BCUT2D eigenvalue weighted by molar-refractivity contribution is -0.140. The van der Waals surface area contributed by atoms with Gasteiger partial charge >= 0.3 is 5.97 Å². The highest BCUT2D eigenvalue weighted by Crippen LogP contribution is 2.47. The summed E-state index contributed by atoms with van der Waals surface area (Å²) in [6.07, 6.45) is 2.51. The van der Waals surface area contributed by atoms with Crippen LogP contribution in [0.15, 0.2) is 87.8 Å². The molecule has 1 aliphatic carbocycles. The number of allylic oxidation sites excluding steroid dienone is 3. The molecule has 0 fully saturated rings. The van der Waals surface area contributed by atoms with Crippen LogP contribution in [0.3, 0.4) is 0 Å². The van der Waals surface area contributed by atoms with Crippen LogP contribution in [0.4, 0.5) is 0 Å². The molecule has 0 bridgehead atoms. The highest BCUT2D eigenvalue weighted by Gasteiger charge is 2.42. The van der Waals surface area contributed by atoms with E-state index in [0.717, 1.165) is 28.3 Å². The molecule has 0 unspecified atom stereocenters. The summed E-state index contributed by atoms with van der Waals surface area (Å²) in [7, 11) is 1.60. The van der Waals surface area contributed by atoms with Crippen LogP contribution in [0, 0.1) is 0 Å². The van der Waals surface area contributed by atoms with E-state index in [2.05, 4.69) is 5.32 Å². The van der Waals surface area contributed by atoms with Crippen LogP contribution in [0.25, 0.3) is 0 Å². The Bertz CT molecular complexity index is 1450. The number of esters is 1. The van der Waals surface area contributed by atoms with E-state index >= 15 is 0 Å². The fourth-order valence-electron chi connectivity index (χ4n) is 5.41. The van der Waals surface area contributed by atoms with Crippen molar-refractivity contribution in [1.82, 2.24) is 5.32 Å². The predicted octanol–water partition coefficient (Wildman–Crippen LogP) is 5.12. The average molecular weight is 514 g/mol. The van der Waals surface area contributed by atoms with Gasteiger partial charge in [-0.25, -0.2) is 4.79 Å². The molecule has 38 heavy (non-hydrogen) atoms. The maximum atomic E-state index is 13.7. The van der Waals surface area contributed by atoms with Crippen LogP contribution >= 0.6 is 0 Å². The van der Waals surface area contributed by atoms with Crippen LogP contribution in [-0.2, 0) is 20.9 Å². The number of hydrogen-bond donors (Lipinski definition) is 1. The molecule has 0 amide bonds. The van der Waals surface area contributed by atoms with E-state index in [-0.39, 0.29) is 25.1 Å². The molecule has 2 atom stereocenters. The Kier molecular flexibility index (Phi) is 6.15. The molecule has 2 aromatic carbocycles. The third kappa shape index (κ3) is 4.32. The Morgan fingerprint density at radius 2 is 1.87 bits per heavy atom. The molecule has 0 saturated carbocycles. The van der Waals surface area contributed by atoms with Gasteiger partial charge in [0.05, 0.1) is 18.9 Å². The van der Waals surface area contributed by atoms with Crippen molar-refractivity contribution in [2.24, 2.45) is 0 Å². The number of Topliss-reactive ketones (excluding diaryl/α,β-unsaturated/α-hetero) is 1. The van der Waals surface area contributed by atoms with Gasteiger partial charge in [0.25, 0.3) is 0 Å². The minimum Gasteiger partial charge on any atom is -0.497 e. The Balaban J connectivity index is 1.35. The summed E-state index contributed by atoms with van der Waals surface area (Å²) in [6.45, 7) is 2.07. The lowest BCUT2D eigenvalue weighted by Gasteiger charge is -2.36. The van der Waals surface area contributed by atoms with Gasteiger partial charge in [-0.3, -0.25) is 4.79 Å². The lowest BCUT2D eigenvalue weighted by Crippen LogP contribution is -2.36. The molecular formula is C30H27NO7. The number of rotatable bonds is 6. The maximum absolute atomic E-state index is 13.7. The van der Waals surface area contributed by atoms with Crippen LogP contribution in [0.1, 0.15) is 48.5 Å². The summed E-state index contributed by atoms with van der Waals surface area (Å²) in [5.74, 6) is 1.53. The first-order chi connectivity index (χ1) is 18.5. The van der Waals surface area contributed by atoms with Gasteiger partial charge in [-0.15, -0.1) is 0 Å². The van der Waals surface area contributed by atoms with Crippen molar-refractivity contribution in [3.63, 3.8) is 0 Å². The van der Waals surface area contributed by atoms with Gasteiger partial charge in [0.1, 0.15) is 18.1 Å². The molecule has 0 saturated heterocycles. The first-order valence-corrected chi connectivity index (χ1v) is 12.5. The van der Waals surface area contributed by atoms with Crippen molar-refractivity contribution in [2.45, 2.75) is 38.2 Å². The Hall–Kier alpha value is -4.46. The largest absolute Gasteiger partial charge is 0.497 e. The zero-order valence-electron chi connectivity index (χ0n) is 21.1. The number of ether oxygens (including phenoxy) is 4. The van der Waals surface area contributed by atoms with Gasteiger partial charge in [0.2, 0.25) is 6.79 Å². The Labute approximate surface area is 219 Å². The van der Waals surface area contributed by atoms with Crippen molar-refractivity contribution < 1.29 is 33.0 Å². The van der Waals surface area contributed by atoms with Gasteiger partial charge < -0.3 is 28.7 Å². The van der Waals surface area contributed by atoms with Crippen LogP contribution in [0.5, 0.6) is 17.2 Å². The molecular weight excluding hydrogens is 486 g/mol. The standard InChI is InChI=1S/C30H27NO7/c1-17-27(30(33)36-15-18-5-8-21(34-2)9-6-18)28(19-7-10-25-26(14-19)38-16-37-25)29-22(31-17)12-20(13-23(29)32)24-4-3-11-35-24/h3-11,14,20,28,31H,12-13,15-16H2,1-2H3/t20-,28+/m0/s1. The first kappa shape index (κ1) is 23.9. The third-order valence-electron chi connectivity index (χ3n) is 7.25. The summed E-state index contributed by atoms with van der Waals surface area (Å²) in [6, 6.07) is 16.6. The average Bonchev–Trinajstić information content (AvgIpc) is 3.63. The molecule has 3 heterocycles. The summed E-state index contributed by atoms with van der Waals surface area (Å²) in [5, 5.41) is 3.36. The van der Waals surface area contributed by atoms with Crippen LogP contribution in [-0.4, -0.2) is 25.7 Å². The molecule has 1 aromatic heterocycles. The molecule has 3 aliphatic rings. The molecule has 1 N–H and O–H groups in total. The fourth-order valence-corrected chi connectivity index (χ4v) is 5.41. The zero-order chi connectivity index (χ0) is 26.2. The number of furan rings is 1. The second-order valence-corrected chi connectivity index (χ2v) is 9.57. The number of benzene rings is 2. The number of hydrogen-bond acceptors (Lipinski definition) is 8. The van der Waals surface area contributed by atoms with Crippen molar-refractivity contribution in [3.05, 3.63) is 100 Å². The minimum atomic E-state index is -0.603. The predicted molar refractivity (Wildman–Crippen MR) is 137 cm³/mol. The van der Waals surface area contributed by atoms with Gasteiger partial charge in [-0.1, -0.05) is 18.2 Å². The highest BCUT2D eigenvalue weighted by molar-refractivity contribution is 6.04. The van der Waals surface area contributed by atoms with Gasteiger partial charge in [-0.2, -0.15) is 0 Å². The Morgan fingerprint density at radius 3 is 2.63 bits per heavy atom. The first-order valence-electron chi connectivity index (χ1n) is 12.5. The van der Waals surface area contributed by atoms with Crippen LogP contribution in [0.2, 0.25) is 0 Å². The second kappa shape index (κ2) is 9.78. The van der Waals surface area contributed by atoms with Gasteiger partial charge in [0, 0.05) is 35.2 Å². The number of methoxy groups -OCH3 is 1. The quantitative estimate of drug-likeness (QED) is 0.454. The summed E-state index contributed by atoms with van der Waals surface area (Å²) < 4.78 is 27.7. The summed E-state index contributed by atoms with van der Waals surface area (Å²) in [4.78, 5) is 27.3. The van der Waals surface area contributed by atoms with E-state index < -0.39 is 11.9 Å². The highest BCUT2D eigenvalue weighted by atomic mass is 16.7. The van der Waals surface area contributed by atoms with Gasteiger partial charge in [0.15, 0.2) is 17.3 Å². The third-order valence-corrected chi connectivity index (χ3v) is 7.25. The van der Waals surface area contributed by atoms with Crippen molar-refractivity contribution >= 4 is 11.8 Å². The molecule has 0 spiro atoms. The van der Waals surface area contributed by atoms with Crippen molar-refractivity contribution in [3.8, 4) is 17.2 Å². The topological polar surface area (TPSA) is 96.2 Å². The molecule has 3 aromatic rings. The monoisotopic (exact) mass is 513 g/mol. The van der Waals surface area contributed by atoms with E-state index in [1.54, 1.807) is 13.4 Å². The Morgan fingerprint density at radius 1 is 1.05 bits per heavy atom. The van der Waals surface area contributed by atoms with Crippen molar-refractivity contribution in [1.29, 1.82) is 0 Å². The summed E-state index contributed by atoms with van der Waals surface area (Å²) in [5.41, 5.74) is 4.03. The van der Waals surface area contributed by atoms with E-state index in [1.807, 2.05) is 61.5 Å². The van der Waals surface area contributed by atoms with Crippen LogP contribution < -0.4 is 19.5 Å². The van der Waals surface area contributed by atoms with Crippen molar-refractivity contribution in [2.75, 3.05) is 13.9 Å². The lowest BCUT2D eigenvalue weighted by atomic mass is 9.72. The molecule has 194 valence electrons. The number of carbonyl (C=O) groups is 2. The van der Waals surface area contributed by atoms with E-state index in [9.17, 15) is 9.59 Å². The van der Waals surface area contributed by atoms with Gasteiger partial charge in [-0.05, 0) is 60.9 Å². The normalized spacial score (nSPS) is 20.2. The number of fused-ring (bicyclic) bond motifs is 1. The summed E-state index contributed by atoms with van der Waals surface area (Å²) >= 11 is 0. The smallest absolute Gasteiger partial charge is 0.337 e. The maximum Gasteiger partial charge on any atom is 0.337 e. The molecule has 8 heteroatoms. The SMILES string of the molecule is COc1ccc(COC(=O)C2=C(C)NC3=C(C(=O)C[C@@H](c4ccco4)C3)[C@@H]2c2ccc3c(c2)OCO3)cc1. The molecule has 8 nitrogen and oxygen atoms in total. The second-order valence-electron chi connectivity index (χ2n) is 9.57. The molecule has 6 rings (SSSR count).